The van der Waals surface area contributed by atoms with E-state index < -0.39 is 5.97 Å². The molecule has 2 amide bonds. The molecular weight excluding hydrogens is 275 g/mol. The summed E-state index contributed by atoms with van der Waals surface area (Å²) in [5, 5.41) is 14.4. The van der Waals surface area contributed by atoms with Crippen LogP contribution < -0.4 is 10.6 Å². The van der Waals surface area contributed by atoms with E-state index in [1.807, 2.05) is 0 Å². The molecular formula is C15H19FN2O3. The van der Waals surface area contributed by atoms with Gasteiger partial charge < -0.3 is 15.7 Å². The molecule has 0 aromatic heterocycles. The number of hydrogen-bond donors (Lipinski definition) is 3. The van der Waals surface area contributed by atoms with Crippen molar-refractivity contribution in [2.75, 3.05) is 6.54 Å². The smallest absolute Gasteiger partial charge is 0.315 e. The summed E-state index contributed by atoms with van der Waals surface area (Å²) in [6.07, 6.45) is 2.32. The molecule has 1 aliphatic rings. The van der Waals surface area contributed by atoms with E-state index >= 15 is 0 Å². The topological polar surface area (TPSA) is 78.4 Å². The number of amides is 2. The van der Waals surface area contributed by atoms with Crippen molar-refractivity contribution in [3.8, 4) is 0 Å². The predicted molar refractivity (Wildman–Crippen MR) is 75.4 cm³/mol. The summed E-state index contributed by atoms with van der Waals surface area (Å²) < 4.78 is 13.0. The van der Waals surface area contributed by atoms with E-state index in [1.165, 1.54) is 12.1 Å². The second-order valence-corrected chi connectivity index (χ2v) is 5.33. The summed E-state index contributed by atoms with van der Waals surface area (Å²) in [7, 11) is 0. The lowest BCUT2D eigenvalue weighted by Gasteiger charge is -2.13. The summed E-state index contributed by atoms with van der Waals surface area (Å²) >= 11 is 0. The molecule has 6 heteroatoms. The number of rotatable bonds is 5. The number of urea groups is 1. The molecule has 1 aromatic rings. The third kappa shape index (κ3) is 4.73. The monoisotopic (exact) mass is 294 g/mol. The number of aliphatic carboxylic acids is 1. The number of carbonyl (C=O) groups is 2. The Labute approximate surface area is 122 Å². The van der Waals surface area contributed by atoms with Crippen LogP contribution in [0.5, 0.6) is 0 Å². The zero-order chi connectivity index (χ0) is 15.2. The summed E-state index contributed by atoms with van der Waals surface area (Å²) in [6.45, 7) is 0.407. The lowest BCUT2D eigenvalue weighted by molar-refractivity contribution is -0.141. The molecule has 0 saturated heterocycles. The van der Waals surface area contributed by atoms with Crippen LogP contribution in [0.4, 0.5) is 9.18 Å². The van der Waals surface area contributed by atoms with Crippen LogP contribution in [0.3, 0.4) is 0 Å². The lowest BCUT2D eigenvalue weighted by atomic mass is 10.1. The average molecular weight is 294 g/mol. The van der Waals surface area contributed by atoms with E-state index in [4.69, 9.17) is 5.11 Å². The quantitative estimate of drug-likeness (QED) is 0.776. The fourth-order valence-corrected chi connectivity index (χ4v) is 2.59. The lowest BCUT2D eigenvalue weighted by Crippen LogP contribution is -2.41. The minimum absolute atomic E-state index is 0.0831. The maximum Gasteiger partial charge on any atom is 0.315 e. The molecule has 21 heavy (non-hydrogen) atoms. The number of halogens is 1. The van der Waals surface area contributed by atoms with Crippen molar-refractivity contribution < 1.29 is 19.1 Å². The molecule has 1 saturated carbocycles. The zero-order valence-corrected chi connectivity index (χ0v) is 11.6. The number of carboxylic acids is 1. The third-order valence-electron chi connectivity index (χ3n) is 3.71. The largest absolute Gasteiger partial charge is 0.481 e. The first-order valence-corrected chi connectivity index (χ1v) is 7.06. The Morgan fingerprint density at radius 1 is 1.33 bits per heavy atom. The Bertz CT molecular complexity index is 521. The molecule has 0 spiro atoms. The van der Waals surface area contributed by atoms with Gasteiger partial charge in [0.1, 0.15) is 5.82 Å². The van der Waals surface area contributed by atoms with E-state index in [-0.39, 0.29) is 23.8 Å². The highest BCUT2D eigenvalue weighted by atomic mass is 19.1. The first-order valence-electron chi connectivity index (χ1n) is 7.06. The number of carboxylic acid groups (broad SMARTS) is 1. The van der Waals surface area contributed by atoms with Crippen molar-refractivity contribution in [3.05, 3.63) is 35.6 Å². The van der Waals surface area contributed by atoms with Gasteiger partial charge in [-0.05, 0) is 43.4 Å². The molecule has 0 heterocycles. The molecule has 0 bridgehead atoms. The molecule has 3 N–H and O–H groups in total. The van der Waals surface area contributed by atoms with Crippen LogP contribution in [0.25, 0.3) is 0 Å². The fourth-order valence-electron chi connectivity index (χ4n) is 2.59. The van der Waals surface area contributed by atoms with Gasteiger partial charge in [0.25, 0.3) is 0 Å². The van der Waals surface area contributed by atoms with Gasteiger partial charge in [-0.3, -0.25) is 4.79 Å². The van der Waals surface area contributed by atoms with Crippen LogP contribution in [-0.2, 0) is 11.2 Å². The van der Waals surface area contributed by atoms with E-state index in [1.54, 1.807) is 12.1 Å². The highest BCUT2D eigenvalue weighted by molar-refractivity contribution is 5.75. The number of benzene rings is 1. The van der Waals surface area contributed by atoms with Crippen LogP contribution in [-0.4, -0.2) is 29.7 Å². The maximum absolute atomic E-state index is 13.0. The number of nitrogens with one attached hydrogen (secondary N) is 2. The highest BCUT2D eigenvalue weighted by Gasteiger charge is 2.30. The Balaban J connectivity index is 1.67. The number of hydrogen-bond acceptors (Lipinski definition) is 2. The standard InChI is InChI=1S/C15H19FN2O3/c16-12-3-1-2-10(8-12)6-7-17-15(21)18-13-5-4-11(9-13)14(19)20/h1-3,8,11,13H,4-7,9H2,(H,19,20)(H2,17,18,21)/t11-,13+/m1/s1. The van der Waals surface area contributed by atoms with Gasteiger partial charge in [-0.1, -0.05) is 12.1 Å². The molecule has 0 unspecified atom stereocenters. The Kier molecular flexibility index (Phi) is 5.14. The molecule has 2 rings (SSSR count). The van der Waals surface area contributed by atoms with Gasteiger partial charge in [0, 0.05) is 12.6 Å². The van der Waals surface area contributed by atoms with Crippen molar-refractivity contribution >= 4 is 12.0 Å². The fraction of sp³-hybridized carbons (Fsp3) is 0.467. The van der Waals surface area contributed by atoms with Gasteiger partial charge in [0.15, 0.2) is 0 Å². The van der Waals surface area contributed by atoms with E-state index in [2.05, 4.69) is 10.6 Å². The predicted octanol–water partition coefficient (Wildman–Crippen LogP) is 1.92. The van der Waals surface area contributed by atoms with Gasteiger partial charge in [-0.15, -0.1) is 0 Å². The van der Waals surface area contributed by atoms with Crippen molar-refractivity contribution in [2.24, 2.45) is 5.92 Å². The Hall–Kier alpha value is -2.11. The van der Waals surface area contributed by atoms with Gasteiger partial charge in [-0.25, -0.2) is 9.18 Å². The number of carbonyl (C=O) groups excluding carboxylic acids is 1. The van der Waals surface area contributed by atoms with Crippen LogP contribution in [0.2, 0.25) is 0 Å². The van der Waals surface area contributed by atoms with Crippen LogP contribution in [0.1, 0.15) is 24.8 Å². The van der Waals surface area contributed by atoms with Crippen molar-refractivity contribution in [2.45, 2.75) is 31.7 Å². The second-order valence-electron chi connectivity index (χ2n) is 5.33. The summed E-state index contributed by atoms with van der Waals surface area (Å²) in [4.78, 5) is 22.5. The van der Waals surface area contributed by atoms with Gasteiger partial charge >= 0.3 is 12.0 Å². The van der Waals surface area contributed by atoms with Crippen LogP contribution in [0, 0.1) is 11.7 Å². The second kappa shape index (κ2) is 7.06. The first-order chi connectivity index (χ1) is 10.0. The van der Waals surface area contributed by atoms with Crippen molar-refractivity contribution in [3.63, 3.8) is 0 Å². The van der Waals surface area contributed by atoms with E-state index in [0.29, 0.717) is 32.2 Å². The van der Waals surface area contributed by atoms with Crippen molar-refractivity contribution in [1.29, 1.82) is 0 Å². The molecule has 1 aliphatic carbocycles. The molecule has 2 atom stereocenters. The first kappa shape index (κ1) is 15.3. The molecule has 0 aliphatic heterocycles. The minimum atomic E-state index is -0.800. The van der Waals surface area contributed by atoms with E-state index in [9.17, 15) is 14.0 Å². The third-order valence-corrected chi connectivity index (χ3v) is 3.71. The molecule has 0 radical (unpaired) electrons. The molecule has 5 nitrogen and oxygen atoms in total. The van der Waals surface area contributed by atoms with Gasteiger partial charge in [-0.2, -0.15) is 0 Å². The Morgan fingerprint density at radius 2 is 2.14 bits per heavy atom. The maximum atomic E-state index is 13.0. The summed E-state index contributed by atoms with van der Waals surface area (Å²) in [6, 6.07) is 5.87. The summed E-state index contributed by atoms with van der Waals surface area (Å²) in [5.74, 6) is -1.45. The molecule has 114 valence electrons. The molecule has 1 aromatic carbocycles. The van der Waals surface area contributed by atoms with Crippen LogP contribution in [0.15, 0.2) is 24.3 Å². The van der Waals surface area contributed by atoms with Gasteiger partial charge in [0.2, 0.25) is 0 Å². The SMILES string of the molecule is O=C(NCCc1cccc(F)c1)N[C@H]1CC[C@@H](C(=O)O)C1. The van der Waals surface area contributed by atoms with Crippen LogP contribution >= 0.6 is 0 Å². The highest BCUT2D eigenvalue weighted by Crippen LogP contribution is 2.25. The normalized spacial score (nSPS) is 21.0. The zero-order valence-electron chi connectivity index (χ0n) is 11.6. The average Bonchev–Trinajstić information content (AvgIpc) is 2.87. The van der Waals surface area contributed by atoms with Gasteiger partial charge in [0.05, 0.1) is 5.92 Å². The molecule has 1 fully saturated rings. The Morgan fingerprint density at radius 3 is 2.81 bits per heavy atom. The van der Waals surface area contributed by atoms with E-state index in [0.717, 1.165) is 5.56 Å². The van der Waals surface area contributed by atoms with Crippen molar-refractivity contribution in [1.82, 2.24) is 10.6 Å². The minimum Gasteiger partial charge on any atom is -0.481 e. The summed E-state index contributed by atoms with van der Waals surface area (Å²) in [5.41, 5.74) is 0.821.